The molecule has 4 saturated carbocycles. The van der Waals surface area contributed by atoms with Crippen LogP contribution in [-0.4, -0.2) is 6.71 Å². The first-order valence-electron chi connectivity index (χ1n) is 15.0. The predicted molar refractivity (Wildman–Crippen MR) is 147 cm³/mol. The Bertz CT molecular complexity index is 1430. The summed E-state index contributed by atoms with van der Waals surface area (Å²) in [5, 5.41) is 0. The van der Waals surface area contributed by atoms with Gasteiger partial charge in [-0.05, 0) is 120 Å². The number of hydrogen-bond donors (Lipinski definition) is 0. The molecule has 1 spiro atoms. The second kappa shape index (κ2) is 6.66. The van der Waals surface area contributed by atoms with Crippen LogP contribution in [0.5, 0.6) is 23.0 Å². The summed E-state index contributed by atoms with van der Waals surface area (Å²) >= 11 is 0. The average molecular weight is 484 g/mol. The van der Waals surface area contributed by atoms with Crippen molar-refractivity contribution in [3.8, 4) is 23.0 Å². The molecule has 4 fully saturated rings. The Labute approximate surface area is 219 Å². The maximum Gasteiger partial charge on any atom is 0.261 e. The van der Waals surface area contributed by atoms with Gasteiger partial charge in [0.2, 0.25) is 0 Å². The summed E-state index contributed by atoms with van der Waals surface area (Å²) < 4.78 is 13.4. The highest BCUT2D eigenvalue weighted by atomic mass is 16.5. The molecule has 4 bridgehead atoms. The molecular formula is C34H33BO2. The van der Waals surface area contributed by atoms with Gasteiger partial charge in [-0.3, -0.25) is 0 Å². The summed E-state index contributed by atoms with van der Waals surface area (Å²) in [5.41, 5.74) is 7.54. The van der Waals surface area contributed by atoms with Crippen molar-refractivity contribution in [2.75, 3.05) is 0 Å². The van der Waals surface area contributed by atoms with Crippen LogP contribution in [0.25, 0.3) is 0 Å². The van der Waals surface area contributed by atoms with E-state index in [1.807, 2.05) is 0 Å². The predicted octanol–water partition coefficient (Wildman–Crippen LogP) is 6.13. The fourth-order valence-electron chi connectivity index (χ4n) is 11.7. The van der Waals surface area contributed by atoms with E-state index in [-0.39, 0.29) is 12.1 Å². The molecular weight excluding hydrogens is 451 g/mol. The van der Waals surface area contributed by atoms with Gasteiger partial charge in [-0.15, -0.1) is 0 Å². The van der Waals surface area contributed by atoms with Crippen molar-refractivity contribution in [1.29, 1.82) is 0 Å². The number of fused-ring (bicyclic) bond motifs is 1. The summed E-state index contributed by atoms with van der Waals surface area (Å²) in [7, 11) is 0. The topological polar surface area (TPSA) is 18.5 Å². The lowest BCUT2D eigenvalue weighted by atomic mass is 9.26. The maximum atomic E-state index is 6.72. The van der Waals surface area contributed by atoms with Crippen molar-refractivity contribution in [2.45, 2.75) is 57.3 Å². The second-order valence-electron chi connectivity index (χ2n) is 13.6. The second-order valence-corrected chi connectivity index (χ2v) is 13.6. The van der Waals surface area contributed by atoms with Crippen LogP contribution < -0.4 is 25.9 Å². The molecule has 4 aliphatic carbocycles. The molecule has 2 nitrogen and oxygen atoms in total. The monoisotopic (exact) mass is 484 g/mol. The molecule has 0 N–H and O–H groups in total. The van der Waals surface area contributed by atoms with Crippen LogP contribution in [0.4, 0.5) is 0 Å². The van der Waals surface area contributed by atoms with Crippen molar-refractivity contribution in [3.63, 3.8) is 0 Å². The van der Waals surface area contributed by atoms with Gasteiger partial charge in [0.05, 0.1) is 0 Å². The van der Waals surface area contributed by atoms with E-state index in [1.165, 1.54) is 61.3 Å². The van der Waals surface area contributed by atoms with Gasteiger partial charge in [0.15, 0.2) is 0 Å². The number of rotatable bonds is 0. The van der Waals surface area contributed by atoms with Gasteiger partial charge in [-0.25, -0.2) is 0 Å². The highest BCUT2D eigenvalue weighted by Crippen LogP contribution is 2.69. The first-order chi connectivity index (χ1) is 18.2. The van der Waals surface area contributed by atoms with Gasteiger partial charge in [0.25, 0.3) is 6.71 Å². The quantitative estimate of drug-likeness (QED) is 0.246. The van der Waals surface area contributed by atoms with Gasteiger partial charge < -0.3 is 9.47 Å². The minimum atomic E-state index is 0.0913. The van der Waals surface area contributed by atoms with E-state index in [0.29, 0.717) is 5.92 Å². The summed E-state index contributed by atoms with van der Waals surface area (Å²) in [4.78, 5) is 0. The van der Waals surface area contributed by atoms with Crippen LogP contribution in [-0.2, 0) is 5.41 Å². The first kappa shape index (κ1) is 20.3. The molecule has 7 aliphatic rings. The molecule has 184 valence electrons. The Morgan fingerprint density at radius 3 is 2.05 bits per heavy atom. The zero-order chi connectivity index (χ0) is 24.0. The minimum absolute atomic E-state index is 0.0913. The normalized spacial score (nSPS) is 35.8. The van der Waals surface area contributed by atoms with E-state index in [2.05, 4.69) is 61.5 Å². The fourth-order valence-corrected chi connectivity index (χ4v) is 11.7. The molecule has 0 aromatic heterocycles. The van der Waals surface area contributed by atoms with E-state index < -0.39 is 0 Å². The third-order valence-corrected chi connectivity index (χ3v) is 12.4. The summed E-state index contributed by atoms with van der Waals surface area (Å²) in [6.45, 7) is 2.83. The standard InChI is InChI=1S/C34H33BO2/c1-18-14-19-15-20-6-2-7-21-17-22(18)23(16-19)30(20)34(21)24-8-3-10-26-31(24)35-32-25(34)9-4-11-27(32)37-29-13-5-12-28(36-26)33(29)35/h3-5,8-13,18-23,30H,2,6-7,14-17H2,1H3. The van der Waals surface area contributed by atoms with Crippen molar-refractivity contribution >= 4 is 23.1 Å². The SMILES string of the molecule is CC1CC2CC3CCCC4CC1C(C2)C3C41c2cccc3c2B2c4c(cccc4Oc4cccc1c42)O3. The molecule has 7 unspecified atom stereocenters. The Morgan fingerprint density at radius 2 is 1.35 bits per heavy atom. The Hall–Kier alpha value is -2.68. The third kappa shape index (κ3) is 2.22. The van der Waals surface area contributed by atoms with Gasteiger partial charge in [0.1, 0.15) is 23.0 Å². The Balaban J connectivity index is 1.33. The van der Waals surface area contributed by atoms with Crippen molar-refractivity contribution < 1.29 is 9.47 Å². The van der Waals surface area contributed by atoms with Crippen molar-refractivity contribution in [2.24, 2.45) is 41.4 Å². The number of ether oxygens (including phenoxy) is 2. The van der Waals surface area contributed by atoms with Crippen LogP contribution in [0.15, 0.2) is 54.6 Å². The lowest BCUT2D eigenvalue weighted by Crippen LogP contribution is -2.70. The van der Waals surface area contributed by atoms with E-state index in [4.69, 9.17) is 9.47 Å². The van der Waals surface area contributed by atoms with Gasteiger partial charge in [-0.1, -0.05) is 50.1 Å². The fraction of sp³-hybridized carbons (Fsp3) is 0.471. The Morgan fingerprint density at radius 1 is 0.703 bits per heavy atom. The molecule has 7 atom stereocenters. The zero-order valence-electron chi connectivity index (χ0n) is 21.6. The summed E-state index contributed by atoms with van der Waals surface area (Å²) in [6.07, 6.45) is 10.0. The van der Waals surface area contributed by atoms with Crippen molar-refractivity contribution in [1.82, 2.24) is 0 Å². The van der Waals surface area contributed by atoms with Crippen molar-refractivity contribution in [3.05, 3.63) is 65.7 Å². The lowest BCUT2D eigenvalue weighted by molar-refractivity contribution is -0.0924. The van der Waals surface area contributed by atoms with Crippen LogP contribution in [0.2, 0.25) is 0 Å². The van der Waals surface area contributed by atoms with Crippen LogP contribution >= 0.6 is 0 Å². The highest BCUT2D eigenvalue weighted by Gasteiger charge is 2.66. The molecule has 0 radical (unpaired) electrons. The molecule has 3 aliphatic heterocycles. The minimum Gasteiger partial charge on any atom is -0.458 e. The molecule has 3 aromatic rings. The molecule has 3 heteroatoms. The van der Waals surface area contributed by atoms with Crippen LogP contribution in [0.3, 0.4) is 0 Å². The maximum absolute atomic E-state index is 6.72. The third-order valence-electron chi connectivity index (χ3n) is 12.4. The average Bonchev–Trinajstić information content (AvgIpc) is 3.05. The largest absolute Gasteiger partial charge is 0.458 e. The van der Waals surface area contributed by atoms with E-state index in [0.717, 1.165) is 58.5 Å². The Kier molecular flexibility index (Phi) is 3.65. The molecule has 0 amide bonds. The number of hydrogen-bond acceptors (Lipinski definition) is 2. The van der Waals surface area contributed by atoms with Crippen LogP contribution in [0, 0.1) is 41.4 Å². The zero-order valence-corrected chi connectivity index (χ0v) is 21.6. The molecule has 37 heavy (non-hydrogen) atoms. The molecule has 10 rings (SSSR count). The number of benzene rings is 3. The molecule has 0 saturated heterocycles. The van der Waals surface area contributed by atoms with E-state index >= 15 is 0 Å². The van der Waals surface area contributed by atoms with Gasteiger partial charge in [-0.2, -0.15) is 0 Å². The molecule has 3 aromatic carbocycles. The lowest BCUT2D eigenvalue weighted by Gasteiger charge is -2.65. The van der Waals surface area contributed by atoms with Gasteiger partial charge >= 0.3 is 0 Å². The molecule has 3 heterocycles. The summed E-state index contributed by atoms with van der Waals surface area (Å²) in [5.74, 6) is 10.1. The van der Waals surface area contributed by atoms with E-state index in [9.17, 15) is 0 Å². The van der Waals surface area contributed by atoms with E-state index in [1.54, 1.807) is 11.1 Å². The first-order valence-corrected chi connectivity index (χ1v) is 15.0. The summed E-state index contributed by atoms with van der Waals surface area (Å²) in [6, 6.07) is 20.5. The highest BCUT2D eigenvalue weighted by molar-refractivity contribution is 6.99. The van der Waals surface area contributed by atoms with Crippen LogP contribution in [0.1, 0.15) is 63.0 Å². The van der Waals surface area contributed by atoms with Gasteiger partial charge in [0, 0.05) is 10.9 Å². The smallest absolute Gasteiger partial charge is 0.261 e.